The zero-order valence-electron chi connectivity index (χ0n) is 14.6. The van der Waals surface area contributed by atoms with Crippen LogP contribution in [0, 0.1) is 0 Å². The van der Waals surface area contributed by atoms with Crippen LogP contribution in [-0.4, -0.2) is 43.9 Å². The summed E-state index contributed by atoms with van der Waals surface area (Å²) >= 11 is 0. The number of nitrogens with zero attached hydrogens (tertiary/aromatic N) is 2. The third-order valence-electron chi connectivity index (χ3n) is 5.50. The van der Waals surface area contributed by atoms with Crippen LogP contribution >= 0.6 is 12.4 Å². The van der Waals surface area contributed by atoms with Crippen molar-refractivity contribution >= 4 is 24.4 Å². The van der Waals surface area contributed by atoms with Gasteiger partial charge >= 0.3 is 0 Å². The first-order chi connectivity index (χ1) is 11.8. The minimum absolute atomic E-state index is 0. The molecule has 3 nitrogen and oxygen atoms in total. The van der Waals surface area contributed by atoms with E-state index >= 15 is 0 Å². The van der Waals surface area contributed by atoms with Crippen molar-refractivity contribution < 1.29 is 4.79 Å². The van der Waals surface area contributed by atoms with E-state index in [9.17, 15) is 4.79 Å². The molecule has 2 aromatic carbocycles. The van der Waals surface area contributed by atoms with E-state index in [-0.39, 0.29) is 18.3 Å². The number of likely N-dealkylation sites (tertiary alicyclic amines) is 1. The summed E-state index contributed by atoms with van der Waals surface area (Å²) in [5, 5.41) is 0. The van der Waals surface area contributed by atoms with Crippen LogP contribution in [0.3, 0.4) is 0 Å². The van der Waals surface area contributed by atoms with Crippen molar-refractivity contribution in [2.45, 2.75) is 24.8 Å². The fourth-order valence-electron chi connectivity index (χ4n) is 4.20. The minimum atomic E-state index is -0.164. The Hall–Kier alpha value is -1.84. The molecule has 0 amide bonds. The van der Waals surface area contributed by atoms with Crippen molar-refractivity contribution in [3.63, 3.8) is 0 Å². The predicted molar refractivity (Wildman–Crippen MR) is 105 cm³/mol. The van der Waals surface area contributed by atoms with E-state index in [1.807, 2.05) is 30.3 Å². The van der Waals surface area contributed by atoms with Gasteiger partial charge in [0.25, 0.3) is 0 Å². The summed E-state index contributed by atoms with van der Waals surface area (Å²) in [5.41, 5.74) is 4.95. The van der Waals surface area contributed by atoms with Crippen molar-refractivity contribution in [2.24, 2.45) is 0 Å². The Balaban J connectivity index is 0.00000182. The maximum Gasteiger partial charge on any atom is 0.131 e. The van der Waals surface area contributed by atoms with Gasteiger partial charge in [-0.15, -0.1) is 12.4 Å². The molecule has 0 spiro atoms. The Labute approximate surface area is 156 Å². The van der Waals surface area contributed by atoms with E-state index in [4.69, 9.17) is 0 Å². The molecule has 2 heterocycles. The van der Waals surface area contributed by atoms with Gasteiger partial charge in [-0.05, 0) is 49.2 Å². The Morgan fingerprint density at radius 1 is 1.08 bits per heavy atom. The molecule has 2 aliphatic heterocycles. The summed E-state index contributed by atoms with van der Waals surface area (Å²) in [6.07, 6.45) is 3.40. The molecule has 25 heavy (non-hydrogen) atoms. The normalized spacial score (nSPS) is 20.8. The quantitative estimate of drug-likeness (QED) is 0.783. The van der Waals surface area contributed by atoms with Gasteiger partial charge in [0.05, 0.1) is 5.92 Å². The van der Waals surface area contributed by atoms with Gasteiger partial charge in [-0.2, -0.15) is 0 Å². The highest BCUT2D eigenvalue weighted by Gasteiger charge is 2.30. The van der Waals surface area contributed by atoms with Crippen LogP contribution in [0.25, 0.3) is 0 Å². The fourth-order valence-corrected chi connectivity index (χ4v) is 4.20. The summed E-state index contributed by atoms with van der Waals surface area (Å²) < 4.78 is 0. The molecule has 0 aromatic heterocycles. The van der Waals surface area contributed by atoms with Gasteiger partial charge in [0, 0.05) is 24.8 Å². The van der Waals surface area contributed by atoms with Gasteiger partial charge in [0.1, 0.15) is 6.29 Å². The van der Waals surface area contributed by atoms with Crippen LogP contribution in [0.15, 0.2) is 48.5 Å². The van der Waals surface area contributed by atoms with Crippen LogP contribution in [-0.2, 0) is 11.2 Å². The van der Waals surface area contributed by atoms with Crippen molar-refractivity contribution in [3.8, 4) is 0 Å². The van der Waals surface area contributed by atoms with Crippen LogP contribution in [0.5, 0.6) is 0 Å². The zero-order chi connectivity index (χ0) is 16.5. The lowest BCUT2D eigenvalue weighted by Gasteiger charge is -2.27. The molecule has 2 aromatic rings. The number of hydrogen-bond acceptors (Lipinski definition) is 3. The number of benzene rings is 2. The molecule has 2 aliphatic rings. The van der Waals surface area contributed by atoms with Crippen LogP contribution in [0.1, 0.15) is 29.0 Å². The van der Waals surface area contributed by atoms with E-state index in [0.717, 1.165) is 36.9 Å². The smallest absolute Gasteiger partial charge is 0.131 e. The molecule has 0 N–H and O–H groups in total. The number of carbonyl (C=O) groups is 1. The molecule has 4 rings (SSSR count). The first kappa shape index (κ1) is 18.0. The molecular weight excluding hydrogens is 332 g/mol. The van der Waals surface area contributed by atoms with Gasteiger partial charge in [-0.3, -0.25) is 0 Å². The van der Waals surface area contributed by atoms with Crippen LogP contribution in [0.4, 0.5) is 5.69 Å². The molecule has 0 saturated carbocycles. The summed E-state index contributed by atoms with van der Waals surface area (Å²) in [7, 11) is 2.20. The second-order valence-corrected chi connectivity index (χ2v) is 7.06. The average Bonchev–Trinajstić information content (AvgIpc) is 3.22. The Morgan fingerprint density at radius 2 is 1.88 bits per heavy atom. The SMILES string of the molecule is CN1CCC(N2CCc3cc(C(C=O)c4ccccc4)ccc32)C1.Cl. The third kappa shape index (κ3) is 3.44. The Kier molecular flexibility index (Phi) is 5.45. The predicted octanol–water partition coefficient (Wildman–Crippen LogP) is 3.51. The molecule has 1 fully saturated rings. The lowest BCUT2D eigenvalue weighted by Crippen LogP contribution is -2.35. The molecular formula is C21H25ClN2O. The highest BCUT2D eigenvalue weighted by atomic mass is 35.5. The lowest BCUT2D eigenvalue weighted by atomic mass is 9.91. The number of hydrogen-bond donors (Lipinski definition) is 0. The van der Waals surface area contributed by atoms with Gasteiger partial charge in [0.2, 0.25) is 0 Å². The monoisotopic (exact) mass is 356 g/mol. The summed E-state index contributed by atoms with van der Waals surface area (Å²) in [5.74, 6) is -0.164. The summed E-state index contributed by atoms with van der Waals surface area (Å²) in [6.45, 7) is 3.45. The van der Waals surface area contributed by atoms with Gasteiger partial charge in [0.15, 0.2) is 0 Å². The number of likely N-dealkylation sites (N-methyl/N-ethyl adjacent to an activating group) is 1. The largest absolute Gasteiger partial charge is 0.367 e. The number of rotatable bonds is 4. The first-order valence-corrected chi connectivity index (χ1v) is 8.84. The topological polar surface area (TPSA) is 23.6 Å². The second-order valence-electron chi connectivity index (χ2n) is 7.06. The average molecular weight is 357 g/mol. The van der Waals surface area contributed by atoms with Gasteiger partial charge in [-0.1, -0.05) is 42.5 Å². The second kappa shape index (κ2) is 7.59. The number of anilines is 1. The van der Waals surface area contributed by atoms with Crippen molar-refractivity contribution in [3.05, 3.63) is 65.2 Å². The Morgan fingerprint density at radius 3 is 2.56 bits per heavy atom. The van der Waals surface area contributed by atoms with Crippen LogP contribution < -0.4 is 4.90 Å². The maximum absolute atomic E-state index is 11.7. The molecule has 132 valence electrons. The lowest BCUT2D eigenvalue weighted by molar-refractivity contribution is -0.108. The summed E-state index contributed by atoms with van der Waals surface area (Å²) in [6, 6.07) is 17.3. The molecule has 0 aliphatic carbocycles. The molecule has 2 unspecified atom stereocenters. The summed E-state index contributed by atoms with van der Waals surface area (Å²) in [4.78, 5) is 16.7. The zero-order valence-corrected chi connectivity index (χ0v) is 15.4. The van der Waals surface area contributed by atoms with E-state index in [1.165, 1.54) is 24.2 Å². The fraction of sp³-hybridized carbons (Fsp3) is 0.381. The van der Waals surface area contributed by atoms with E-state index in [1.54, 1.807) is 0 Å². The Bertz CT molecular complexity index is 734. The van der Waals surface area contributed by atoms with Crippen molar-refractivity contribution in [1.82, 2.24) is 4.90 Å². The molecule has 4 heteroatoms. The molecule has 0 radical (unpaired) electrons. The highest BCUT2D eigenvalue weighted by molar-refractivity contribution is 5.85. The number of fused-ring (bicyclic) bond motifs is 1. The minimum Gasteiger partial charge on any atom is -0.367 e. The number of aldehydes is 1. The van der Waals surface area contributed by atoms with Crippen LogP contribution in [0.2, 0.25) is 0 Å². The van der Waals surface area contributed by atoms with Gasteiger partial charge < -0.3 is 14.6 Å². The molecule has 0 bridgehead atoms. The van der Waals surface area contributed by atoms with E-state index in [2.05, 4.69) is 35.0 Å². The van der Waals surface area contributed by atoms with E-state index < -0.39 is 0 Å². The first-order valence-electron chi connectivity index (χ1n) is 8.84. The van der Waals surface area contributed by atoms with Gasteiger partial charge in [-0.25, -0.2) is 0 Å². The van der Waals surface area contributed by atoms with Crippen molar-refractivity contribution in [2.75, 3.05) is 31.6 Å². The maximum atomic E-state index is 11.7. The molecule has 1 saturated heterocycles. The standard InChI is InChI=1S/C21H24N2O.ClH/c1-22-11-10-19(14-22)23-12-9-18-13-17(7-8-21(18)23)20(15-24)16-5-3-2-4-6-16;/h2-8,13,15,19-20H,9-12,14H2,1H3;1H. The number of halogens is 1. The highest BCUT2D eigenvalue weighted by Crippen LogP contribution is 2.35. The number of carbonyl (C=O) groups excluding carboxylic acids is 1. The van der Waals surface area contributed by atoms with E-state index in [0.29, 0.717) is 6.04 Å². The third-order valence-corrected chi connectivity index (χ3v) is 5.50. The molecule has 2 atom stereocenters. The van der Waals surface area contributed by atoms with Crippen molar-refractivity contribution in [1.29, 1.82) is 0 Å².